The van der Waals surface area contributed by atoms with Crippen LogP contribution in [0.1, 0.15) is 33.1 Å². The van der Waals surface area contributed by atoms with Crippen LogP contribution in [0.4, 0.5) is 0 Å². The van der Waals surface area contributed by atoms with E-state index >= 15 is 0 Å². The van der Waals surface area contributed by atoms with Crippen molar-refractivity contribution in [2.75, 3.05) is 14.2 Å². The predicted molar refractivity (Wildman–Crippen MR) is 80.7 cm³/mol. The predicted octanol–water partition coefficient (Wildman–Crippen LogP) is 2.16. The van der Waals surface area contributed by atoms with Crippen molar-refractivity contribution in [2.45, 2.75) is 44.7 Å². The van der Waals surface area contributed by atoms with Crippen LogP contribution in [-0.2, 0) is 14.3 Å². The number of carbonyl (C=O) groups excluding carboxylic acids is 1. The lowest BCUT2D eigenvalue weighted by molar-refractivity contribution is -0.114. The fourth-order valence-electron chi connectivity index (χ4n) is 3.69. The molecule has 5 heteroatoms. The Balaban J connectivity index is 1.99. The smallest absolute Gasteiger partial charge is 0.213 e. The maximum atomic E-state index is 11.5. The molecule has 1 fully saturated rings. The van der Waals surface area contributed by atoms with E-state index in [4.69, 9.17) is 19.5 Å². The van der Waals surface area contributed by atoms with Gasteiger partial charge in [-0.2, -0.15) is 0 Å². The van der Waals surface area contributed by atoms with Crippen molar-refractivity contribution in [3.8, 4) is 0 Å². The van der Waals surface area contributed by atoms with Gasteiger partial charge in [0.05, 0.1) is 14.2 Å². The lowest BCUT2D eigenvalue weighted by atomic mass is 9.91. The summed E-state index contributed by atoms with van der Waals surface area (Å²) in [6.07, 6.45) is 3.88. The molecule has 1 spiro atoms. The van der Waals surface area contributed by atoms with Gasteiger partial charge in [0.1, 0.15) is 11.6 Å². The van der Waals surface area contributed by atoms with Crippen molar-refractivity contribution in [1.82, 2.24) is 0 Å². The minimum Gasteiger partial charge on any atom is -0.483 e. The van der Waals surface area contributed by atoms with E-state index in [0.717, 1.165) is 6.42 Å². The van der Waals surface area contributed by atoms with Crippen LogP contribution >= 0.6 is 0 Å². The number of fused-ring (bicyclic) bond motifs is 1. The van der Waals surface area contributed by atoms with Gasteiger partial charge in [-0.05, 0) is 24.3 Å². The molecule has 0 aromatic rings. The summed E-state index contributed by atoms with van der Waals surface area (Å²) in [6, 6.07) is -0.0911. The highest BCUT2D eigenvalue weighted by atomic mass is 16.5. The molecule has 0 unspecified atom stereocenters. The monoisotopic (exact) mass is 290 g/mol. The van der Waals surface area contributed by atoms with Crippen LogP contribution in [0.2, 0.25) is 0 Å². The molecule has 2 aliphatic carbocycles. The highest BCUT2D eigenvalue weighted by Crippen LogP contribution is 2.48. The zero-order chi connectivity index (χ0) is 15.2. The normalized spacial score (nSPS) is 34.7. The summed E-state index contributed by atoms with van der Waals surface area (Å²) >= 11 is 0. The maximum Gasteiger partial charge on any atom is 0.213 e. The van der Waals surface area contributed by atoms with Gasteiger partial charge >= 0.3 is 0 Å². The molecular formula is C16H22N2O3. The minimum absolute atomic E-state index is 0.0911. The van der Waals surface area contributed by atoms with E-state index in [1.165, 1.54) is 5.57 Å². The number of methoxy groups -OCH3 is 2. The first-order valence-electron chi connectivity index (χ1n) is 7.48. The van der Waals surface area contributed by atoms with Crippen molar-refractivity contribution in [1.29, 1.82) is 0 Å². The Morgan fingerprint density at radius 1 is 1.33 bits per heavy atom. The quantitative estimate of drug-likeness (QED) is 0.743. The molecule has 3 rings (SSSR count). The highest BCUT2D eigenvalue weighted by Gasteiger charge is 2.52. The number of hydrogen-bond acceptors (Lipinski definition) is 5. The third-order valence-corrected chi connectivity index (χ3v) is 4.66. The molecular weight excluding hydrogens is 268 g/mol. The van der Waals surface area contributed by atoms with Crippen molar-refractivity contribution in [3.63, 3.8) is 0 Å². The second kappa shape index (κ2) is 4.97. The van der Waals surface area contributed by atoms with Crippen LogP contribution in [-0.4, -0.2) is 43.4 Å². The molecule has 0 amide bonds. The zero-order valence-corrected chi connectivity index (χ0v) is 13.0. The van der Waals surface area contributed by atoms with Crippen LogP contribution in [0, 0.1) is 11.8 Å². The molecule has 0 bridgehead atoms. The van der Waals surface area contributed by atoms with Crippen LogP contribution in [0.15, 0.2) is 21.6 Å². The molecule has 21 heavy (non-hydrogen) atoms. The Morgan fingerprint density at radius 3 is 2.67 bits per heavy atom. The van der Waals surface area contributed by atoms with Crippen LogP contribution in [0.25, 0.3) is 0 Å². The van der Waals surface area contributed by atoms with E-state index < -0.39 is 5.54 Å². The van der Waals surface area contributed by atoms with Crippen LogP contribution < -0.4 is 0 Å². The largest absolute Gasteiger partial charge is 0.483 e. The standard InChI is InChI=1S/C16H22N2O3/c1-9(2)13-14(20-3)18-16(15(17-13)21-4)7-10-5-12(19)6-11(10)8-16/h5,9,11,13H,6-8H2,1-4H3/t11-,13-,16-/m1/s1. The van der Waals surface area contributed by atoms with Crippen LogP contribution in [0.3, 0.4) is 0 Å². The second-order valence-electron chi connectivity index (χ2n) is 6.48. The number of aliphatic imine (C=N–C) groups is 2. The summed E-state index contributed by atoms with van der Waals surface area (Å²) in [7, 11) is 3.30. The average molecular weight is 290 g/mol. The van der Waals surface area contributed by atoms with Gasteiger partial charge in [-0.15, -0.1) is 0 Å². The summed E-state index contributed by atoms with van der Waals surface area (Å²) in [5.41, 5.74) is 0.717. The number of carbonyl (C=O) groups is 1. The maximum absolute atomic E-state index is 11.5. The number of ketones is 1. The van der Waals surface area contributed by atoms with Gasteiger partial charge < -0.3 is 9.47 Å². The zero-order valence-electron chi connectivity index (χ0n) is 13.0. The molecule has 0 aromatic carbocycles. The second-order valence-corrected chi connectivity index (χ2v) is 6.48. The topological polar surface area (TPSA) is 60.2 Å². The number of rotatable bonds is 1. The Labute approximate surface area is 125 Å². The van der Waals surface area contributed by atoms with E-state index in [0.29, 0.717) is 30.6 Å². The summed E-state index contributed by atoms with van der Waals surface area (Å²) in [6.45, 7) is 4.19. The Morgan fingerprint density at radius 2 is 2.10 bits per heavy atom. The van der Waals surface area contributed by atoms with Gasteiger partial charge in [0.15, 0.2) is 5.78 Å². The Hall–Kier alpha value is -1.65. The average Bonchev–Trinajstić information content (AvgIpc) is 2.92. The first kappa shape index (κ1) is 14.3. The molecule has 0 saturated heterocycles. The summed E-state index contributed by atoms with van der Waals surface area (Å²) in [4.78, 5) is 21.2. The third-order valence-electron chi connectivity index (χ3n) is 4.66. The SMILES string of the molecule is COC1=N[C@@]2(CC3=CC(=O)C[C@@H]3C2)C(OC)=N[C@@H]1C(C)C. The highest BCUT2D eigenvalue weighted by molar-refractivity contribution is 5.99. The summed E-state index contributed by atoms with van der Waals surface area (Å²) in [5, 5.41) is 0. The minimum atomic E-state index is -0.470. The van der Waals surface area contributed by atoms with E-state index in [1.54, 1.807) is 20.3 Å². The number of allylic oxidation sites excluding steroid dienone is 1. The first-order chi connectivity index (χ1) is 9.99. The molecule has 5 nitrogen and oxygen atoms in total. The van der Waals surface area contributed by atoms with E-state index in [-0.39, 0.29) is 17.7 Å². The van der Waals surface area contributed by atoms with E-state index in [9.17, 15) is 4.79 Å². The number of hydrogen-bond donors (Lipinski definition) is 0. The van der Waals surface area contributed by atoms with Gasteiger partial charge in [-0.1, -0.05) is 19.4 Å². The van der Waals surface area contributed by atoms with Crippen molar-refractivity contribution >= 4 is 17.6 Å². The first-order valence-corrected chi connectivity index (χ1v) is 7.48. The number of ether oxygens (including phenoxy) is 2. The summed E-state index contributed by atoms with van der Waals surface area (Å²) < 4.78 is 11.1. The van der Waals surface area contributed by atoms with Gasteiger partial charge in [-0.3, -0.25) is 4.79 Å². The molecule has 1 saturated carbocycles. The molecule has 0 aromatic heterocycles. The molecule has 1 aliphatic heterocycles. The van der Waals surface area contributed by atoms with Crippen LogP contribution in [0.5, 0.6) is 0 Å². The lowest BCUT2D eigenvalue weighted by Gasteiger charge is -2.33. The van der Waals surface area contributed by atoms with Crippen molar-refractivity contribution in [3.05, 3.63) is 11.6 Å². The van der Waals surface area contributed by atoms with Gasteiger partial charge in [0.2, 0.25) is 11.8 Å². The molecule has 0 N–H and O–H groups in total. The molecule has 3 aliphatic rings. The number of nitrogens with zero attached hydrogens (tertiary/aromatic N) is 2. The molecule has 114 valence electrons. The Kier molecular flexibility index (Phi) is 3.38. The third kappa shape index (κ3) is 2.19. The Bertz CT molecular complexity index is 562. The van der Waals surface area contributed by atoms with Gasteiger partial charge in [0.25, 0.3) is 0 Å². The van der Waals surface area contributed by atoms with Crippen molar-refractivity contribution < 1.29 is 14.3 Å². The van der Waals surface area contributed by atoms with E-state index in [2.05, 4.69) is 13.8 Å². The summed E-state index contributed by atoms with van der Waals surface area (Å²) in [5.74, 6) is 2.18. The fraction of sp³-hybridized carbons (Fsp3) is 0.688. The molecule has 0 radical (unpaired) electrons. The fourth-order valence-corrected chi connectivity index (χ4v) is 3.69. The molecule has 3 atom stereocenters. The lowest BCUT2D eigenvalue weighted by Crippen LogP contribution is -2.45. The van der Waals surface area contributed by atoms with Gasteiger partial charge in [0, 0.05) is 12.8 Å². The van der Waals surface area contributed by atoms with E-state index in [1.807, 2.05) is 0 Å². The van der Waals surface area contributed by atoms with Gasteiger partial charge in [-0.25, -0.2) is 9.98 Å². The molecule has 1 heterocycles. The van der Waals surface area contributed by atoms with Crippen molar-refractivity contribution in [2.24, 2.45) is 21.8 Å².